The Labute approximate surface area is 80.5 Å². The molecule has 0 spiro atoms. The van der Waals surface area contributed by atoms with Crippen LogP contribution in [0.15, 0.2) is 37.0 Å². The lowest BCUT2D eigenvalue weighted by molar-refractivity contribution is 0.750. The van der Waals surface area contributed by atoms with Gasteiger partial charge >= 0.3 is 0 Å². The zero-order valence-corrected chi connectivity index (χ0v) is 8.22. The molecule has 0 aromatic heterocycles. The van der Waals surface area contributed by atoms with Gasteiger partial charge in [0.15, 0.2) is 0 Å². The van der Waals surface area contributed by atoms with E-state index in [9.17, 15) is 0 Å². The molecular weight excluding hydrogens is 158 g/mol. The highest BCUT2D eigenvalue weighted by atomic mass is 14.8. The zero-order chi connectivity index (χ0) is 9.52. The van der Waals surface area contributed by atoms with E-state index in [1.54, 1.807) is 6.20 Å². The monoisotopic (exact) mass is 175 g/mol. The number of hydrogen-bond donors (Lipinski definition) is 1. The Balaban J connectivity index is 2.36. The van der Waals surface area contributed by atoms with Crippen molar-refractivity contribution in [2.45, 2.75) is 19.8 Å². The topological polar surface area (TPSA) is 12.0 Å². The number of benzene rings is 1. The van der Waals surface area contributed by atoms with E-state index in [0.717, 1.165) is 19.4 Å². The van der Waals surface area contributed by atoms with Gasteiger partial charge in [-0.3, -0.25) is 0 Å². The summed E-state index contributed by atoms with van der Waals surface area (Å²) < 4.78 is 0. The zero-order valence-electron chi connectivity index (χ0n) is 8.22. The molecule has 1 aromatic rings. The standard InChI is InChI=1S/C12H17N/c1-3-13-10-6-9-12-8-5-4-7-11(12)2/h3-5,7-8,13H,1,6,9-10H2,2H3. The number of aryl methyl sites for hydroxylation is 2. The molecule has 1 rings (SSSR count). The second kappa shape index (κ2) is 5.41. The summed E-state index contributed by atoms with van der Waals surface area (Å²) in [5.74, 6) is 0. The first-order valence-electron chi connectivity index (χ1n) is 4.73. The maximum absolute atomic E-state index is 3.61. The van der Waals surface area contributed by atoms with Crippen LogP contribution < -0.4 is 5.32 Å². The fourth-order valence-electron chi connectivity index (χ4n) is 1.37. The molecule has 70 valence electrons. The third-order valence-electron chi connectivity index (χ3n) is 2.17. The van der Waals surface area contributed by atoms with Gasteiger partial charge in [0.1, 0.15) is 0 Å². The van der Waals surface area contributed by atoms with Crippen LogP contribution >= 0.6 is 0 Å². The van der Waals surface area contributed by atoms with Gasteiger partial charge in [0, 0.05) is 6.54 Å². The largest absolute Gasteiger partial charge is 0.391 e. The van der Waals surface area contributed by atoms with Crippen LogP contribution in [-0.4, -0.2) is 6.54 Å². The lowest BCUT2D eigenvalue weighted by atomic mass is 10.0. The van der Waals surface area contributed by atoms with Crippen molar-refractivity contribution in [1.82, 2.24) is 5.32 Å². The van der Waals surface area contributed by atoms with E-state index in [-0.39, 0.29) is 0 Å². The Morgan fingerprint density at radius 2 is 2.15 bits per heavy atom. The van der Waals surface area contributed by atoms with Gasteiger partial charge in [-0.15, -0.1) is 0 Å². The van der Waals surface area contributed by atoms with Gasteiger partial charge in [0.2, 0.25) is 0 Å². The first-order valence-corrected chi connectivity index (χ1v) is 4.73. The molecule has 0 atom stereocenters. The normalized spacial score (nSPS) is 9.62. The summed E-state index contributed by atoms with van der Waals surface area (Å²) in [4.78, 5) is 0. The highest BCUT2D eigenvalue weighted by molar-refractivity contribution is 5.25. The fourth-order valence-corrected chi connectivity index (χ4v) is 1.37. The van der Waals surface area contributed by atoms with E-state index in [1.165, 1.54) is 11.1 Å². The molecule has 0 radical (unpaired) electrons. The molecule has 0 bridgehead atoms. The van der Waals surface area contributed by atoms with Crippen LogP contribution in [0.5, 0.6) is 0 Å². The summed E-state index contributed by atoms with van der Waals surface area (Å²) in [6.07, 6.45) is 4.06. The van der Waals surface area contributed by atoms with Crippen molar-refractivity contribution >= 4 is 0 Å². The van der Waals surface area contributed by atoms with E-state index >= 15 is 0 Å². The molecule has 0 amide bonds. The predicted octanol–water partition coefficient (Wildman–Crippen LogP) is 2.66. The average Bonchev–Trinajstić information content (AvgIpc) is 2.15. The molecule has 0 saturated heterocycles. The van der Waals surface area contributed by atoms with Crippen molar-refractivity contribution in [2.24, 2.45) is 0 Å². The third kappa shape index (κ3) is 3.32. The molecule has 0 fully saturated rings. The summed E-state index contributed by atoms with van der Waals surface area (Å²) in [5.41, 5.74) is 2.84. The molecule has 1 heteroatoms. The van der Waals surface area contributed by atoms with Crippen LogP contribution in [0.1, 0.15) is 17.5 Å². The minimum atomic E-state index is 1.01. The van der Waals surface area contributed by atoms with Crippen LogP contribution in [0, 0.1) is 6.92 Å². The molecule has 1 N–H and O–H groups in total. The molecule has 0 aliphatic rings. The molecule has 0 aliphatic carbocycles. The average molecular weight is 175 g/mol. The van der Waals surface area contributed by atoms with Gasteiger partial charge in [-0.1, -0.05) is 30.8 Å². The van der Waals surface area contributed by atoms with Crippen LogP contribution in [0.3, 0.4) is 0 Å². The SMILES string of the molecule is C=CNCCCc1ccccc1C. The van der Waals surface area contributed by atoms with Gasteiger partial charge in [-0.05, 0) is 37.1 Å². The van der Waals surface area contributed by atoms with Gasteiger partial charge in [0.05, 0.1) is 0 Å². The molecule has 0 aliphatic heterocycles. The Morgan fingerprint density at radius 1 is 1.38 bits per heavy atom. The Kier molecular flexibility index (Phi) is 4.10. The van der Waals surface area contributed by atoms with E-state index in [1.807, 2.05) is 0 Å². The van der Waals surface area contributed by atoms with Crippen LogP contribution in [-0.2, 0) is 6.42 Å². The maximum atomic E-state index is 3.61. The van der Waals surface area contributed by atoms with Crippen molar-refractivity contribution in [2.75, 3.05) is 6.54 Å². The van der Waals surface area contributed by atoms with Gasteiger partial charge in [-0.2, -0.15) is 0 Å². The first-order chi connectivity index (χ1) is 6.34. The summed E-state index contributed by atoms with van der Waals surface area (Å²) in [6.45, 7) is 6.79. The minimum Gasteiger partial charge on any atom is -0.391 e. The van der Waals surface area contributed by atoms with Gasteiger partial charge in [0.25, 0.3) is 0 Å². The lowest BCUT2D eigenvalue weighted by Crippen LogP contribution is -2.07. The fraction of sp³-hybridized carbons (Fsp3) is 0.333. The van der Waals surface area contributed by atoms with Crippen molar-refractivity contribution in [3.63, 3.8) is 0 Å². The number of nitrogens with one attached hydrogen (secondary N) is 1. The molecular formula is C12H17N. The van der Waals surface area contributed by atoms with E-state index in [2.05, 4.69) is 43.1 Å². The minimum absolute atomic E-state index is 1.01. The number of hydrogen-bond acceptors (Lipinski definition) is 1. The van der Waals surface area contributed by atoms with Crippen molar-refractivity contribution in [3.8, 4) is 0 Å². The Hall–Kier alpha value is -1.24. The Bertz CT molecular complexity index is 266. The maximum Gasteiger partial charge on any atom is 0.0144 e. The molecule has 1 nitrogen and oxygen atoms in total. The quantitative estimate of drug-likeness (QED) is 0.678. The van der Waals surface area contributed by atoms with Gasteiger partial charge < -0.3 is 5.32 Å². The molecule has 0 unspecified atom stereocenters. The van der Waals surface area contributed by atoms with Gasteiger partial charge in [-0.25, -0.2) is 0 Å². The Morgan fingerprint density at radius 3 is 2.85 bits per heavy atom. The summed E-state index contributed by atoms with van der Waals surface area (Å²) >= 11 is 0. The highest BCUT2D eigenvalue weighted by Gasteiger charge is 1.95. The summed E-state index contributed by atoms with van der Waals surface area (Å²) in [7, 11) is 0. The summed E-state index contributed by atoms with van der Waals surface area (Å²) in [6, 6.07) is 8.55. The molecule has 0 heterocycles. The smallest absolute Gasteiger partial charge is 0.0144 e. The number of rotatable bonds is 5. The molecule has 0 saturated carbocycles. The van der Waals surface area contributed by atoms with Crippen LogP contribution in [0.4, 0.5) is 0 Å². The predicted molar refractivity (Wildman–Crippen MR) is 57.7 cm³/mol. The van der Waals surface area contributed by atoms with Crippen molar-refractivity contribution < 1.29 is 0 Å². The van der Waals surface area contributed by atoms with Crippen molar-refractivity contribution in [3.05, 3.63) is 48.2 Å². The van der Waals surface area contributed by atoms with Crippen LogP contribution in [0.25, 0.3) is 0 Å². The van der Waals surface area contributed by atoms with Crippen LogP contribution in [0.2, 0.25) is 0 Å². The van der Waals surface area contributed by atoms with Crippen molar-refractivity contribution in [1.29, 1.82) is 0 Å². The molecule has 1 aromatic carbocycles. The molecule has 13 heavy (non-hydrogen) atoms. The second-order valence-electron chi connectivity index (χ2n) is 3.19. The first kappa shape index (κ1) is 9.85. The van der Waals surface area contributed by atoms with E-state index in [4.69, 9.17) is 0 Å². The summed E-state index contributed by atoms with van der Waals surface area (Å²) in [5, 5.41) is 3.10. The lowest BCUT2D eigenvalue weighted by Gasteiger charge is -2.04. The third-order valence-corrected chi connectivity index (χ3v) is 2.17. The van der Waals surface area contributed by atoms with E-state index < -0.39 is 0 Å². The van der Waals surface area contributed by atoms with E-state index in [0.29, 0.717) is 0 Å². The second-order valence-corrected chi connectivity index (χ2v) is 3.19. The highest BCUT2D eigenvalue weighted by Crippen LogP contribution is 2.08.